The Kier molecular flexibility index (Phi) is 3.17. The van der Waals surface area contributed by atoms with E-state index in [1.165, 1.54) is 65.7 Å². The third-order valence-corrected chi connectivity index (χ3v) is 6.57. The smallest absolute Gasteiger partial charge is 0.0822 e. The summed E-state index contributed by atoms with van der Waals surface area (Å²) < 4.78 is 2.52. The molecule has 142 valence electrons. The lowest BCUT2D eigenvalue weighted by Crippen LogP contribution is -1.98. The minimum atomic E-state index is 0.454. The molecule has 0 fully saturated rings. The largest absolute Gasteiger partial charge is 0.308 e. The average Bonchev–Trinajstić information content (AvgIpc) is 3.03. The molecule has 0 aliphatic carbocycles. The Morgan fingerprint density at radius 1 is 0.828 bits per heavy atom. The van der Waals surface area contributed by atoms with Crippen molar-refractivity contribution in [2.45, 2.75) is 40.5 Å². The second-order valence-corrected chi connectivity index (χ2v) is 8.88. The monoisotopic (exact) mass is 376 g/mol. The Labute approximate surface area is 170 Å². The summed E-state index contributed by atoms with van der Waals surface area (Å²) in [6.45, 7) is 11.3. The number of hydrogen-bond acceptors (Lipinski definition) is 1. The fourth-order valence-corrected chi connectivity index (χ4v) is 5.45. The van der Waals surface area contributed by atoms with Gasteiger partial charge in [-0.05, 0) is 73.0 Å². The van der Waals surface area contributed by atoms with Gasteiger partial charge < -0.3 is 4.40 Å². The van der Waals surface area contributed by atoms with Crippen molar-refractivity contribution in [3.05, 3.63) is 70.9 Å². The van der Waals surface area contributed by atoms with Gasteiger partial charge in [-0.25, -0.2) is 0 Å². The number of pyridine rings is 2. The molecule has 0 saturated carbocycles. The molecular formula is C27H24N2. The van der Waals surface area contributed by atoms with Gasteiger partial charge >= 0.3 is 0 Å². The number of hydrogen-bond donors (Lipinski definition) is 0. The topological polar surface area (TPSA) is 17.3 Å². The summed E-state index contributed by atoms with van der Waals surface area (Å²) in [7, 11) is 0. The standard InChI is InChI=1S/C27H24N2/c1-14(2)19-13-18-9-10-28-25-20-12-15(3)11-17(5)26(20)29-21-8-6-7-16(4)22(21)24(19)27(29)23(18)25/h6-14H,1-5H3. The zero-order valence-corrected chi connectivity index (χ0v) is 17.6. The molecule has 0 N–H and O–H groups in total. The summed E-state index contributed by atoms with van der Waals surface area (Å²) in [5.74, 6) is 0.454. The number of fused-ring (bicyclic) bond motifs is 6. The van der Waals surface area contributed by atoms with Crippen LogP contribution in [0, 0.1) is 20.8 Å². The van der Waals surface area contributed by atoms with E-state index >= 15 is 0 Å². The quantitative estimate of drug-likeness (QED) is 0.215. The van der Waals surface area contributed by atoms with Gasteiger partial charge in [0.15, 0.2) is 0 Å². The third kappa shape index (κ3) is 1.99. The Hall–Kier alpha value is -3.13. The van der Waals surface area contributed by atoms with Gasteiger partial charge in [0.25, 0.3) is 0 Å². The maximum atomic E-state index is 4.90. The first kappa shape index (κ1) is 16.8. The molecule has 0 bridgehead atoms. The van der Waals surface area contributed by atoms with Crippen molar-refractivity contribution in [2.75, 3.05) is 0 Å². The summed E-state index contributed by atoms with van der Waals surface area (Å²) in [6, 6.07) is 15.9. The lowest BCUT2D eigenvalue weighted by atomic mass is 9.91. The van der Waals surface area contributed by atoms with Crippen LogP contribution >= 0.6 is 0 Å². The molecule has 0 spiro atoms. The normalized spacial score (nSPS) is 12.6. The van der Waals surface area contributed by atoms with Gasteiger partial charge in [-0.3, -0.25) is 4.98 Å². The van der Waals surface area contributed by atoms with Gasteiger partial charge in [0.05, 0.1) is 22.1 Å². The van der Waals surface area contributed by atoms with Crippen LogP contribution in [0.25, 0.3) is 49.0 Å². The van der Waals surface area contributed by atoms with Crippen LogP contribution in [0.5, 0.6) is 0 Å². The van der Waals surface area contributed by atoms with E-state index in [-0.39, 0.29) is 0 Å². The van der Waals surface area contributed by atoms with E-state index in [0.29, 0.717) is 5.92 Å². The van der Waals surface area contributed by atoms with E-state index in [1.807, 2.05) is 6.20 Å². The van der Waals surface area contributed by atoms with Crippen molar-refractivity contribution in [3.8, 4) is 0 Å². The fraction of sp³-hybridized carbons (Fsp3) is 0.222. The molecule has 3 aromatic carbocycles. The van der Waals surface area contributed by atoms with Crippen LogP contribution in [0.3, 0.4) is 0 Å². The molecule has 3 aromatic heterocycles. The number of rotatable bonds is 1. The number of aromatic nitrogens is 2. The molecule has 0 unspecified atom stereocenters. The number of aryl methyl sites for hydroxylation is 3. The molecule has 0 atom stereocenters. The molecule has 0 aliphatic heterocycles. The maximum Gasteiger partial charge on any atom is 0.0822 e. The molecule has 2 nitrogen and oxygen atoms in total. The molecule has 29 heavy (non-hydrogen) atoms. The highest BCUT2D eigenvalue weighted by Crippen LogP contribution is 2.45. The predicted molar refractivity (Wildman–Crippen MR) is 125 cm³/mol. The van der Waals surface area contributed by atoms with Crippen LogP contribution in [-0.4, -0.2) is 9.38 Å². The minimum absolute atomic E-state index is 0.454. The first-order valence-corrected chi connectivity index (χ1v) is 10.4. The van der Waals surface area contributed by atoms with Crippen molar-refractivity contribution >= 4 is 49.0 Å². The molecule has 2 heteroatoms. The van der Waals surface area contributed by atoms with Crippen molar-refractivity contribution in [1.29, 1.82) is 0 Å². The van der Waals surface area contributed by atoms with Crippen molar-refractivity contribution < 1.29 is 0 Å². The van der Waals surface area contributed by atoms with Crippen LogP contribution in [0.2, 0.25) is 0 Å². The van der Waals surface area contributed by atoms with E-state index < -0.39 is 0 Å². The van der Waals surface area contributed by atoms with Crippen LogP contribution in [0.15, 0.2) is 48.7 Å². The molecule has 6 rings (SSSR count). The van der Waals surface area contributed by atoms with Crippen LogP contribution in [0.4, 0.5) is 0 Å². The maximum absolute atomic E-state index is 4.90. The van der Waals surface area contributed by atoms with Gasteiger partial charge in [-0.2, -0.15) is 0 Å². The van der Waals surface area contributed by atoms with Crippen molar-refractivity contribution in [1.82, 2.24) is 9.38 Å². The van der Waals surface area contributed by atoms with E-state index in [2.05, 4.69) is 81.5 Å². The first-order valence-electron chi connectivity index (χ1n) is 10.4. The Balaban J connectivity index is 2.13. The first-order chi connectivity index (χ1) is 14.0. The summed E-state index contributed by atoms with van der Waals surface area (Å²) >= 11 is 0. The molecule has 3 heterocycles. The van der Waals surface area contributed by atoms with Crippen molar-refractivity contribution in [3.63, 3.8) is 0 Å². The molecule has 0 saturated heterocycles. The van der Waals surface area contributed by atoms with Crippen LogP contribution in [-0.2, 0) is 0 Å². The summed E-state index contributed by atoms with van der Waals surface area (Å²) in [5.41, 5.74) is 10.4. The van der Waals surface area contributed by atoms with E-state index in [1.54, 1.807) is 0 Å². The lowest BCUT2D eigenvalue weighted by molar-refractivity contribution is 0.878. The predicted octanol–water partition coefficient (Wildman–Crippen LogP) is 7.43. The highest BCUT2D eigenvalue weighted by atomic mass is 14.9. The second-order valence-electron chi connectivity index (χ2n) is 8.88. The Morgan fingerprint density at radius 3 is 2.45 bits per heavy atom. The van der Waals surface area contributed by atoms with Gasteiger partial charge in [-0.1, -0.05) is 37.6 Å². The Morgan fingerprint density at radius 2 is 1.66 bits per heavy atom. The van der Waals surface area contributed by atoms with E-state index in [9.17, 15) is 0 Å². The van der Waals surface area contributed by atoms with Gasteiger partial charge in [0, 0.05) is 27.7 Å². The van der Waals surface area contributed by atoms with Gasteiger partial charge in [-0.15, -0.1) is 0 Å². The van der Waals surface area contributed by atoms with Crippen LogP contribution in [0.1, 0.15) is 42.0 Å². The highest BCUT2D eigenvalue weighted by molar-refractivity contribution is 6.29. The lowest BCUT2D eigenvalue weighted by Gasteiger charge is -2.17. The molecule has 0 radical (unpaired) electrons. The molecule has 0 amide bonds. The average molecular weight is 377 g/mol. The highest BCUT2D eigenvalue weighted by Gasteiger charge is 2.23. The zero-order chi connectivity index (χ0) is 20.0. The summed E-state index contributed by atoms with van der Waals surface area (Å²) in [5, 5.41) is 6.62. The third-order valence-electron chi connectivity index (χ3n) is 6.57. The SMILES string of the molecule is Cc1cc(C)c2c(c1)c1nccc3cc(C(C)C)c4c5c(C)cccc5n2c4c31. The zero-order valence-electron chi connectivity index (χ0n) is 17.6. The molecule has 6 aromatic rings. The minimum Gasteiger partial charge on any atom is -0.308 e. The second kappa shape index (κ2) is 5.48. The molecular weight excluding hydrogens is 352 g/mol. The van der Waals surface area contributed by atoms with Crippen LogP contribution < -0.4 is 0 Å². The summed E-state index contributed by atoms with van der Waals surface area (Å²) in [6.07, 6.45) is 1.97. The van der Waals surface area contributed by atoms with Gasteiger partial charge in [0.2, 0.25) is 0 Å². The van der Waals surface area contributed by atoms with Gasteiger partial charge in [0.1, 0.15) is 0 Å². The number of benzene rings is 3. The number of nitrogens with zero attached hydrogens (tertiary/aromatic N) is 2. The van der Waals surface area contributed by atoms with E-state index in [4.69, 9.17) is 4.98 Å². The van der Waals surface area contributed by atoms with E-state index in [0.717, 1.165) is 5.52 Å². The summed E-state index contributed by atoms with van der Waals surface area (Å²) in [4.78, 5) is 4.90. The fourth-order valence-electron chi connectivity index (χ4n) is 5.45. The molecule has 0 aliphatic rings. The van der Waals surface area contributed by atoms with Crippen molar-refractivity contribution in [2.24, 2.45) is 0 Å². The Bertz CT molecular complexity index is 1600.